The van der Waals surface area contributed by atoms with E-state index in [1.54, 1.807) is 11.3 Å². The Morgan fingerprint density at radius 3 is 0.718 bits per heavy atom. The van der Waals surface area contributed by atoms with Gasteiger partial charge in [0, 0.05) is 11.1 Å². The molecule has 85 heavy (non-hydrogen) atoms. The van der Waals surface area contributed by atoms with Crippen molar-refractivity contribution in [1.82, 2.24) is 10.2 Å². The van der Waals surface area contributed by atoms with Crippen molar-refractivity contribution in [2.24, 2.45) is 0 Å². The molecule has 6 aromatic carbocycles. The van der Waals surface area contributed by atoms with Crippen LogP contribution in [0.1, 0.15) is 233 Å². The maximum atomic E-state index is 6.29. The van der Waals surface area contributed by atoms with E-state index in [1.807, 2.05) is 0 Å². The molecule has 0 saturated carbocycles. The third-order valence-corrected chi connectivity index (χ3v) is 17.7. The van der Waals surface area contributed by atoms with Gasteiger partial charge in [-0.25, -0.2) is 0 Å². The van der Waals surface area contributed by atoms with Gasteiger partial charge in [0.05, 0.1) is 26.4 Å². The van der Waals surface area contributed by atoms with Gasteiger partial charge in [-0.1, -0.05) is 292 Å². The van der Waals surface area contributed by atoms with Crippen molar-refractivity contribution < 1.29 is 18.9 Å². The van der Waals surface area contributed by atoms with Crippen molar-refractivity contribution in [2.75, 3.05) is 26.4 Å². The predicted molar refractivity (Wildman–Crippen MR) is 365 cm³/mol. The maximum absolute atomic E-state index is 6.29. The Hall–Kier alpha value is -5.92. The molecule has 6 nitrogen and oxygen atoms in total. The Morgan fingerprint density at radius 2 is 0.459 bits per heavy atom. The SMILES string of the molecule is CCCCCCCCCCOc1ccc(-c2ccc(-c3ccc(OCCCCCCCCCC)cc3)c(-c3nnc(-c4cc(-c5ccc(OCCCCCCCCCC)cc5)ccc4-c4ccc(OCCCCCCCCCC)cc4)s3)c2)cc1. The van der Waals surface area contributed by atoms with Crippen LogP contribution in [0.25, 0.3) is 65.6 Å². The molecule has 0 aliphatic carbocycles. The van der Waals surface area contributed by atoms with Crippen LogP contribution in [0.3, 0.4) is 0 Å². The van der Waals surface area contributed by atoms with E-state index in [0.29, 0.717) is 0 Å². The first-order valence-electron chi connectivity index (χ1n) is 34.1. The van der Waals surface area contributed by atoms with Crippen molar-refractivity contribution in [1.29, 1.82) is 0 Å². The number of unbranched alkanes of at least 4 members (excludes halogenated alkanes) is 28. The Morgan fingerprint density at radius 1 is 0.235 bits per heavy atom. The summed E-state index contributed by atoms with van der Waals surface area (Å²) < 4.78 is 25.1. The van der Waals surface area contributed by atoms with E-state index in [2.05, 4.69) is 161 Å². The molecule has 1 heterocycles. The molecule has 0 fully saturated rings. The molecular weight excluding hydrogens is 1060 g/mol. The van der Waals surface area contributed by atoms with Crippen molar-refractivity contribution >= 4 is 11.3 Å². The Kier molecular flexibility index (Phi) is 31.7. The van der Waals surface area contributed by atoms with Crippen molar-refractivity contribution in [3.8, 4) is 88.6 Å². The van der Waals surface area contributed by atoms with E-state index < -0.39 is 0 Å². The third-order valence-electron chi connectivity index (χ3n) is 16.7. The zero-order valence-electron chi connectivity index (χ0n) is 53.1. The maximum Gasteiger partial charge on any atom is 0.148 e. The summed E-state index contributed by atoms with van der Waals surface area (Å²) >= 11 is 1.65. The standard InChI is InChI=1S/C78H106N2O4S/c1-5-9-13-17-21-25-29-33-57-81-69-47-37-63(38-48-69)67-45-55-73(65-41-51-71(52-42-65)83-59-35-31-27-23-19-15-11-7-3)75(61-67)77-79-80-78(85-77)76-62-68(64-39-49-70(50-40-64)82-58-34-30-26-22-18-14-10-6-2)46-56-74(76)66-43-53-72(54-44-66)84-60-36-32-28-24-20-16-12-8-4/h37-56,61-62H,5-36,57-60H2,1-4H3. The molecule has 0 radical (unpaired) electrons. The van der Waals surface area contributed by atoms with Crippen LogP contribution in [0.15, 0.2) is 133 Å². The quantitative estimate of drug-likeness (QED) is 0.0354. The molecule has 7 heteroatoms. The molecule has 0 aliphatic heterocycles. The number of benzene rings is 6. The molecule has 0 N–H and O–H groups in total. The van der Waals surface area contributed by atoms with E-state index in [9.17, 15) is 0 Å². The van der Waals surface area contributed by atoms with Crippen LogP contribution in [0, 0.1) is 0 Å². The minimum absolute atomic E-state index is 0.741. The first-order chi connectivity index (χ1) is 42.1. The largest absolute Gasteiger partial charge is 0.494 e. The van der Waals surface area contributed by atoms with Gasteiger partial charge in [0.2, 0.25) is 0 Å². The lowest BCUT2D eigenvalue weighted by molar-refractivity contribution is 0.304. The Bertz CT molecular complexity index is 2650. The zero-order valence-corrected chi connectivity index (χ0v) is 53.9. The van der Waals surface area contributed by atoms with Crippen LogP contribution >= 0.6 is 11.3 Å². The highest BCUT2D eigenvalue weighted by Gasteiger charge is 2.19. The van der Waals surface area contributed by atoms with Crippen molar-refractivity contribution in [3.63, 3.8) is 0 Å². The minimum atomic E-state index is 0.741. The summed E-state index contributed by atoms with van der Waals surface area (Å²) in [6.45, 7) is 12.1. The lowest BCUT2D eigenvalue weighted by Gasteiger charge is -2.13. The van der Waals surface area contributed by atoms with E-state index in [4.69, 9.17) is 29.1 Å². The van der Waals surface area contributed by atoms with E-state index in [0.717, 1.165) is 141 Å². The highest BCUT2D eigenvalue weighted by molar-refractivity contribution is 7.18. The fraction of sp³-hybridized carbons (Fsp3) is 0.513. The molecule has 0 atom stereocenters. The fourth-order valence-corrected chi connectivity index (χ4v) is 12.3. The number of ether oxygens (including phenoxy) is 4. The fourth-order valence-electron chi connectivity index (χ4n) is 11.4. The summed E-state index contributed by atoms with van der Waals surface area (Å²) in [6.07, 6.45) is 41.1. The summed E-state index contributed by atoms with van der Waals surface area (Å²) in [5.41, 5.74) is 11.0. The number of aromatic nitrogens is 2. The molecule has 458 valence electrons. The topological polar surface area (TPSA) is 62.7 Å². The molecule has 1 aromatic heterocycles. The van der Waals surface area contributed by atoms with Gasteiger partial charge in [0.25, 0.3) is 0 Å². The van der Waals surface area contributed by atoms with Crippen LogP contribution in [0.5, 0.6) is 23.0 Å². The lowest BCUT2D eigenvalue weighted by atomic mass is 9.95. The number of rotatable bonds is 46. The van der Waals surface area contributed by atoms with Gasteiger partial charge >= 0.3 is 0 Å². The average molecular weight is 1170 g/mol. The Labute approximate surface area is 519 Å². The lowest BCUT2D eigenvalue weighted by Crippen LogP contribution is -1.97. The molecule has 0 spiro atoms. The van der Waals surface area contributed by atoms with Gasteiger partial charge in [-0.3, -0.25) is 0 Å². The minimum Gasteiger partial charge on any atom is -0.494 e. The van der Waals surface area contributed by atoms with Crippen molar-refractivity contribution in [3.05, 3.63) is 133 Å². The van der Waals surface area contributed by atoms with E-state index >= 15 is 0 Å². The smallest absolute Gasteiger partial charge is 0.148 e. The molecule has 7 rings (SSSR count). The number of nitrogens with zero attached hydrogens (tertiary/aromatic N) is 2. The second-order valence-corrected chi connectivity index (χ2v) is 24.8. The second kappa shape index (κ2) is 40.5. The molecule has 0 saturated heterocycles. The number of hydrogen-bond acceptors (Lipinski definition) is 7. The number of hydrogen-bond donors (Lipinski definition) is 0. The molecular formula is C78H106N2O4S. The molecule has 0 bridgehead atoms. The first kappa shape index (κ1) is 66.6. The zero-order chi connectivity index (χ0) is 59.2. The monoisotopic (exact) mass is 1170 g/mol. The normalized spacial score (nSPS) is 11.3. The highest BCUT2D eigenvalue weighted by atomic mass is 32.1. The van der Waals surface area contributed by atoms with E-state index in [1.165, 1.54) is 180 Å². The molecule has 0 aliphatic rings. The highest BCUT2D eigenvalue weighted by Crippen LogP contribution is 2.43. The summed E-state index contributed by atoms with van der Waals surface area (Å²) in [5.74, 6) is 3.65. The van der Waals surface area contributed by atoms with Crippen molar-refractivity contribution in [2.45, 2.75) is 233 Å². The van der Waals surface area contributed by atoms with Gasteiger partial charge in [-0.2, -0.15) is 0 Å². The summed E-state index contributed by atoms with van der Waals surface area (Å²) in [7, 11) is 0. The van der Waals surface area contributed by atoms with E-state index in [-0.39, 0.29) is 0 Å². The third kappa shape index (κ3) is 24.1. The van der Waals surface area contributed by atoms with Crippen LogP contribution in [-0.2, 0) is 0 Å². The van der Waals surface area contributed by atoms with Gasteiger partial charge in [-0.15, -0.1) is 10.2 Å². The van der Waals surface area contributed by atoms with Gasteiger partial charge in [0.1, 0.15) is 33.0 Å². The summed E-state index contributed by atoms with van der Waals surface area (Å²) in [4.78, 5) is 0. The van der Waals surface area contributed by atoms with Crippen LogP contribution in [0.4, 0.5) is 0 Å². The second-order valence-electron chi connectivity index (χ2n) is 23.8. The van der Waals surface area contributed by atoms with Gasteiger partial charge in [-0.05, 0) is 131 Å². The van der Waals surface area contributed by atoms with Crippen LogP contribution < -0.4 is 18.9 Å². The Balaban J connectivity index is 1.12. The summed E-state index contributed by atoms with van der Waals surface area (Å²) in [5, 5.41) is 11.9. The first-order valence-corrected chi connectivity index (χ1v) is 34.9. The molecule has 7 aromatic rings. The molecule has 0 amide bonds. The van der Waals surface area contributed by atoms with Crippen LogP contribution in [-0.4, -0.2) is 36.6 Å². The average Bonchev–Trinajstić information content (AvgIpc) is 3.47. The summed E-state index contributed by atoms with van der Waals surface area (Å²) in [6, 6.07) is 48.0. The van der Waals surface area contributed by atoms with Gasteiger partial charge in [0.15, 0.2) is 0 Å². The molecule has 0 unspecified atom stereocenters. The van der Waals surface area contributed by atoms with Crippen LogP contribution in [0.2, 0.25) is 0 Å². The predicted octanol–water partition coefficient (Wildman–Crippen LogP) is 24.6. The van der Waals surface area contributed by atoms with Gasteiger partial charge < -0.3 is 18.9 Å².